The van der Waals surface area contributed by atoms with E-state index in [1.807, 2.05) is 35.2 Å². The Morgan fingerprint density at radius 2 is 1.74 bits per heavy atom. The van der Waals surface area contributed by atoms with Crippen LogP contribution in [-0.4, -0.2) is 22.3 Å². The Morgan fingerprint density at radius 3 is 2.39 bits per heavy atom. The Kier molecular flexibility index (Phi) is 5.59. The minimum absolute atomic E-state index is 0.0267. The quantitative estimate of drug-likeness (QED) is 0.599. The minimum Gasteiger partial charge on any atom is -0.331 e. The molecule has 0 saturated heterocycles. The molecule has 2 aromatic carbocycles. The summed E-state index contributed by atoms with van der Waals surface area (Å²) in [5.74, 6) is 0.0267. The van der Waals surface area contributed by atoms with E-state index in [2.05, 4.69) is 50.0 Å². The zero-order chi connectivity index (χ0) is 22.2. The van der Waals surface area contributed by atoms with Gasteiger partial charge in [0.15, 0.2) is 0 Å². The van der Waals surface area contributed by atoms with Crippen molar-refractivity contribution in [3.8, 4) is 0 Å². The van der Waals surface area contributed by atoms with Crippen LogP contribution in [0.1, 0.15) is 53.5 Å². The average Bonchev–Trinajstić information content (AvgIpc) is 3.06. The van der Waals surface area contributed by atoms with Gasteiger partial charge in [-0.3, -0.25) is 9.59 Å². The summed E-state index contributed by atoms with van der Waals surface area (Å²) < 4.78 is 0. The van der Waals surface area contributed by atoms with Gasteiger partial charge < -0.3 is 9.88 Å². The van der Waals surface area contributed by atoms with Gasteiger partial charge in [-0.1, -0.05) is 80.9 Å². The normalized spacial score (nSPS) is 14.1. The molecule has 1 N–H and O–H groups in total. The summed E-state index contributed by atoms with van der Waals surface area (Å²) in [6, 6.07) is 19.4. The van der Waals surface area contributed by atoms with Crippen LogP contribution in [0.25, 0.3) is 5.57 Å². The van der Waals surface area contributed by atoms with Gasteiger partial charge in [-0.05, 0) is 40.3 Å². The number of H-pyrrole nitrogens is 1. The van der Waals surface area contributed by atoms with E-state index in [9.17, 15) is 9.59 Å². The van der Waals surface area contributed by atoms with Crippen LogP contribution in [0.3, 0.4) is 0 Å². The molecule has 4 rings (SSSR count). The summed E-state index contributed by atoms with van der Waals surface area (Å²) in [6.07, 6.45) is 2.00. The molecule has 4 nitrogen and oxygen atoms in total. The number of amides is 1. The van der Waals surface area contributed by atoms with Crippen molar-refractivity contribution in [3.63, 3.8) is 0 Å². The molecule has 31 heavy (non-hydrogen) atoms. The van der Waals surface area contributed by atoms with Gasteiger partial charge in [-0.25, -0.2) is 0 Å². The molecule has 2 heterocycles. The predicted octanol–water partition coefficient (Wildman–Crippen LogP) is 5.41. The first-order valence-corrected chi connectivity index (χ1v) is 10.7. The second kappa shape index (κ2) is 8.20. The summed E-state index contributed by atoms with van der Waals surface area (Å²) in [4.78, 5) is 29.6. The van der Waals surface area contributed by atoms with Crippen LogP contribution in [0, 0.1) is 0 Å². The van der Waals surface area contributed by atoms with E-state index in [4.69, 9.17) is 11.6 Å². The zero-order valence-corrected chi connectivity index (χ0v) is 18.7. The molecule has 0 spiro atoms. The van der Waals surface area contributed by atoms with Crippen molar-refractivity contribution in [3.05, 3.63) is 110 Å². The molecule has 3 aromatic rings. The van der Waals surface area contributed by atoms with Gasteiger partial charge >= 0.3 is 0 Å². The van der Waals surface area contributed by atoms with Crippen molar-refractivity contribution in [2.45, 2.75) is 32.7 Å². The fourth-order valence-electron chi connectivity index (χ4n) is 3.81. The molecule has 158 valence electrons. The van der Waals surface area contributed by atoms with Crippen molar-refractivity contribution in [2.75, 3.05) is 6.54 Å². The lowest BCUT2D eigenvalue weighted by molar-refractivity contribution is 0.0796. The summed E-state index contributed by atoms with van der Waals surface area (Å²) in [5, 5.41) is 0.149. The molecule has 0 unspecified atom stereocenters. The second-order valence-electron chi connectivity index (χ2n) is 8.84. The lowest BCUT2D eigenvalue weighted by Gasteiger charge is -2.20. The van der Waals surface area contributed by atoms with Crippen molar-refractivity contribution in [1.82, 2.24) is 9.88 Å². The highest BCUT2D eigenvalue weighted by molar-refractivity contribution is 6.30. The highest BCUT2D eigenvalue weighted by Gasteiger charge is 2.26. The molecule has 5 heteroatoms. The molecule has 0 fully saturated rings. The first-order chi connectivity index (χ1) is 14.7. The van der Waals surface area contributed by atoms with Crippen molar-refractivity contribution in [1.29, 1.82) is 0 Å². The number of halogens is 1. The van der Waals surface area contributed by atoms with Crippen LogP contribution in [0.5, 0.6) is 0 Å². The van der Waals surface area contributed by atoms with E-state index in [1.165, 1.54) is 5.56 Å². The van der Waals surface area contributed by atoms with E-state index in [1.54, 1.807) is 12.1 Å². The van der Waals surface area contributed by atoms with Gasteiger partial charge in [0.05, 0.1) is 0 Å². The number of aromatic amines is 1. The second-order valence-corrected chi connectivity index (χ2v) is 9.24. The number of fused-ring (bicyclic) bond motifs is 1. The average molecular weight is 433 g/mol. The Morgan fingerprint density at radius 1 is 1.03 bits per heavy atom. The van der Waals surface area contributed by atoms with Gasteiger partial charge in [0.2, 0.25) is 0 Å². The summed E-state index contributed by atoms with van der Waals surface area (Å²) >= 11 is 5.94. The minimum atomic E-state index is -0.332. The largest absolute Gasteiger partial charge is 0.331 e. The molecule has 0 aliphatic carbocycles. The van der Waals surface area contributed by atoms with Gasteiger partial charge in [0.1, 0.15) is 5.02 Å². The number of hydrogen-bond donors (Lipinski definition) is 1. The van der Waals surface area contributed by atoms with Crippen molar-refractivity contribution in [2.24, 2.45) is 0 Å². The maximum absolute atomic E-state index is 12.8. The monoisotopic (exact) mass is 432 g/mol. The molecule has 1 aliphatic rings. The SMILES string of the molecule is CC(C)(C)c1ccc(/C(=C\CN2Cc3ccccc3C2=O)c2ccc(Cl)c(=O)[nH]2)cc1. The van der Waals surface area contributed by atoms with Crippen LogP contribution in [0.4, 0.5) is 0 Å². The van der Waals surface area contributed by atoms with E-state index in [0.29, 0.717) is 18.8 Å². The lowest BCUT2D eigenvalue weighted by Crippen LogP contribution is -2.24. The van der Waals surface area contributed by atoms with E-state index in [-0.39, 0.29) is 21.9 Å². The van der Waals surface area contributed by atoms with Crippen LogP contribution < -0.4 is 5.56 Å². The molecular formula is C26H25ClN2O2. The standard InChI is InChI=1S/C26H25ClN2O2/c1-26(2,3)19-10-8-17(9-11-19)20(23-13-12-22(27)24(30)28-23)14-15-29-16-18-6-4-5-7-21(18)25(29)31/h4-14H,15-16H2,1-3H3,(H,28,30)/b20-14+. The van der Waals surface area contributed by atoms with Crippen LogP contribution in [0.15, 0.2) is 71.5 Å². The maximum atomic E-state index is 12.8. The molecule has 1 amide bonds. The molecule has 1 aliphatic heterocycles. The molecule has 0 saturated carbocycles. The molecule has 0 atom stereocenters. The third kappa shape index (κ3) is 4.35. The zero-order valence-electron chi connectivity index (χ0n) is 17.9. The Balaban J connectivity index is 1.70. The number of carbonyl (C=O) groups is 1. The predicted molar refractivity (Wildman–Crippen MR) is 125 cm³/mol. The number of benzene rings is 2. The van der Waals surface area contributed by atoms with Crippen LogP contribution >= 0.6 is 11.6 Å². The molecule has 0 radical (unpaired) electrons. The first kappa shape index (κ1) is 21.1. The number of carbonyl (C=O) groups excluding carboxylic acids is 1. The molecule has 1 aromatic heterocycles. The highest BCUT2D eigenvalue weighted by atomic mass is 35.5. The van der Waals surface area contributed by atoms with Crippen molar-refractivity contribution < 1.29 is 4.79 Å². The van der Waals surface area contributed by atoms with Gasteiger partial charge in [-0.2, -0.15) is 0 Å². The first-order valence-electron chi connectivity index (χ1n) is 10.3. The third-order valence-electron chi connectivity index (χ3n) is 5.63. The number of hydrogen-bond acceptors (Lipinski definition) is 2. The van der Waals surface area contributed by atoms with Gasteiger partial charge in [-0.15, -0.1) is 0 Å². The molecular weight excluding hydrogens is 408 g/mol. The Bertz CT molecular complexity index is 1220. The number of pyridine rings is 1. The summed E-state index contributed by atoms with van der Waals surface area (Å²) in [5.41, 5.74) is 5.23. The molecule has 0 bridgehead atoms. The summed E-state index contributed by atoms with van der Waals surface area (Å²) in [7, 11) is 0. The third-order valence-corrected chi connectivity index (χ3v) is 5.92. The fraction of sp³-hybridized carbons (Fsp3) is 0.231. The van der Waals surface area contributed by atoms with E-state index >= 15 is 0 Å². The van der Waals surface area contributed by atoms with Gasteiger partial charge in [0.25, 0.3) is 11.5 Å². The lowest BCUT2D eigenvalue weighted by atomic mass is 9.86. The smallest absolute Gasteiger partial charge is 0.267 e. The highest BCUT2D eigenvalue weighted by Crippen LogP contribution is 2.28. The Labute approximate surface area is 187 Å². The van der Waals surface area contributed by atoms with E-state index < -0.39 is 0 Å². The van der Waals surface area contributed by atoms with Crippen molar-refractivity contribution >= 4 is 23.1 Å². The number of nitrogens with one attached hydrogen (secondary N) is 1. The maximum Gasteiger partial charge on any atom is 0.267 e. The van der Waals surface area contributed by atoms with Crippen LogP contribution in [0.2, 0.25) is 5.02 Å². The van der Waals surface area contributed by atoms with E-state index in [0.717, 1.165) is 22.3 Å². The topological polar surface area (TPSA) is 53.2 Å². The number of nitrogens with zero attached hydrogens (tertiary/aromatic N) is 1. The Hall–Kier alpha value is -3.11. The number of rotatable bonds is 4. The summed E-state index contributed by atoms with van der Waals surface area (Å²) in [6.45, 7) is 7.54. The number of aromatic nitrogens is 1. The van der Waals surface area contributed by atoms with Crippen LogP contribution in [-0.2, 0) is 12.0 Å². The fourth-order valence-corrected chi connectivity index (χ4v) is 3.92. The van der Waals surface area contributed by atoms with Gasteiger partial charge in [0, 0.05) is 29.9 Å².